The lowest BCUT2D eigenvalue weighted by molar-refractivity contribution is 0.00930. The number of fused-ring (bicyclic) bond motifs is 1. The highest BCUT2D eigenvalue weighted by Crippen LogP contribution is 2.24. The third-order valence-electron chi connectivity index (χ3n) is 5.60. The molecule has 1 aromatic carbocycles. The lowest BCUT2D eigenvalue weighted by atomic mass is 10.0. The number of H-pyrrole nitrogens is 1. The summed E-state index contributed by atoms with van der Waals surface area (Å²) in [7, 11) is 0. The molecule has 9 heteroatoms. The molecule has 9 nitrogen and oxygen atoms in total. The highest BCUT2D eigenvalue weighted by Gasteiger charge is 2.31. The Labute approximate surface area is 173 Å². The van der Waals surface area contributed by atoms with Gasteiger partial charge in [-0.1, -0.05) is 24.3 Å². The number of likely N-dealkylation sites (tertiary alicyclic amines) is 1. The minimum Gasteiger partial charge on any atom is -0.375 e. The van der Waals surface area contributed by atoms with Gasteiger partial charge >= 0.3 is 0 Å². The van der Waals surface area contributed by atoms with Crippen LogP contribution in [0.5, 0.6) is 0 Å². The van der Waals surface area contributed by atoms with Crippen LogP contribution in [0.3, 0.4) is 0 Å². The van der Waals surface area contributed by atoms with Crippen LogP contribution in [-0.2, 0) is 24.2 Å². The van der Waals surface area contributed by atoms with Gasteiger partial charge in [0, 0.05) is 37.4 Å². The summed E-state index contributed by atoms with van der Waals surface area (Å²) in [4.78, 5) is 23.1. The lowest BCUT2D eigenvalue weighted by Gasteiger charge is -2.39. The first-order valence-electron chi connectivity index (χ1n) is 10.1. The summed E-state index contributed by atoms with van der Waals surface area (Å²) in [6.07, 6.45) is 6.78. The summed E-state index contributed by atoms with van der Waals surface area (Å²) in [6, 6.07) is 8.76. The van der Waals surface area contributed by atoms with E-state index in [0.717, 1.165) is 18.5 Å². The molecule has 1 aliphatic carbocycles. The number of rotatable bonds is 7. The smallest absolute Gasteiger partial charge is 0.257 e. The van der Waals surface area contributed by atoms with Crippen molar-refractivity contribution >= 4 is 11.9 Å². The molecule has 3 aromatic rings. The van der Waals surface area contributed by atoms with Crippen LogP contribution in [0.4, 0.5) is 5.95 Å². The summed E-state index contributed by atoms with van der Waals surface area (Å²) in [5.74, 6) is 0.862. The van der Waals surface area contributed by atoms with Gasteiger partial charge in [0.05, 0.1) is 25.0 Å². The van der Waals surface area contributed by atoms with E-state index in [1.54, 1.807) is 23.5 Å². The van der Waals surface area contributed by atoms with Gasteiger partial charge in [-0.25, -0.2) is 9.97 Å². The van der Waals surface area contributed by atoms with E-state index in [9.17, 15) is 4.79 Å². The van der Waals surface area contributed by atoms with Crippen molar-refractivity contribution in [3.63, 3.8) is 0 Å². The Kier molecular flexibility index (Phi) is 5.10. The monoisotopic (exact) mass is 405 g/mol. The molecule has 2 aliphatic rings. The highest BCUT2D eigenvalue weighted by molar-refractivity contribution is 5.94. The Hall–Kier alpha value is -3.33. The Morgan fingerprint density at radius 3 is 2.53 bits per heavy atom. The topological polar surface area (TPSA) is 109 Å². The zero-order chi connectivity index (χ0) is 20.3. The molecular weight excluding hydrogens is 382 g/mol. The van der Waals surface area contributed by atoms with Gasteiger partial charge in [0.15, 0.2) is 0 Å². The van der Waals surface area contributed by atoms with Crippen LogP contribution in [0.15, 0.2) is 42.9 Å². The standard InChI is InChI=1S/C21H23N7O2/c29-20(28-10-14(11-28)12-30-13-19-9-24-27-26-19)17-7-22-21(23-8-17)25-18-5-15-3-1-2-4-16(15)6-18/h1-4,7-9,14,18H,5-6,10-13H2,(H,22,23,25)(H,24,26,27). The molecule has 1 amide bonds. The van der Waals surface area contributed by atoms with Gasteiger partial charge in [-0.2, -0.15) is 15.4 Å². The molecule has 0 atom stereocenters. The first kappa shape index (κ1) is 18.7. The molecule has 2 N–H and O–H groups in total. The number of hydrogen-bond donors (Lipinski definition) is 2. The summed E-state index contributed by atoms with van der Waals surface area (Å²) in [5.41, 5.74) is 4.03. The molecule has 0 spiro atoms. The van der Waals surface area contributed by atoms with Crippen molar-refractivity contribution in [1.82, 2.24) is 30.3 Å². The Balaban J connectivity index is 1.07. The van der Waals surface area contributed by atoms with E-state index in [2.05, 4.69) is 55.0 Å². The molecule has 30 heavy (non-hydrogen) atoms. The van der Waals surface area contributed by atoms with Crippen LogP contribution in [0.25, 0.3) is 0 Å². The van der Waals surface area contributed by atoms with Crippen LogP contribution in [0.1, 0.15) is 27.2 Å². The molecule has 0 radical (unpaired) electrons. The van der Waals surface area contributed by atoms with Crippen molar-refractivity contribution in [1.29, 1.82) is 0 Å². The fourth-order valence-electron chi connectivity index (χ4n) is 4.01. The van der Waals surface area contributed by atoms with Crippen LogP contribution >= 0.6 is 0 Å². The van der Waals surface area contributed by atoms with Crippen LogP contribution in [-0.4, -0.2) is 61.9 Å². The third-order valence-corrected chi connectivity index (χ3v) is 5.60. The molecular formula is C21H23N7O2. The molecule has 0 saturated carbocycles. The zero-order valence-electron chi connectivity index (χ0n) is 16.5. The molecule has 154 valence electrons. The number of nitrogens with one attached hydrogen (secondary N) is 2. The third kappa shape index (κ3) is 4.02. The van der Waals surface area contributed by atoms with E-state index in [1.165, 1.54) is 11.1 Å². The maximum atomic E-state index is 12.6. The van der Waals surface area contributed by atoms with Crippen molar-refractivity contribution in [2.24, 2.45) is 5.92 Å². The lowest BCUT2D eigenvalue weighted by Crippen LogP contribution is -2.51. The fraction of sp³-hybridized carbons (Fsp3) is 0.381. The minimum absolute atomic E-state index is 0.0393. The van der Waals surface area contributed by atoms with Gasteiger partial charge in [0.1, 0.15) is 5.69 Å². The summed E-state index contributed by atoms with van der Waals surface area (Å²) >= 11 is 0. The number of carbonyl (C=O) groups excluding carboxylic acids is 1. The predicted molar refractivity (Wildman–Crippen MR) is 109 cm³/mol. The molecule has 1 saturated heterocycles. The van der Waals surface area contributed by atoms with Crippen LogP contribution in [0, 0.1) is 5.92 Å². The number of ether oxygens (including phenoxy) is 1. The molecule has 1 aliphatic heterocycles. The van der Waals surface area contributed by atoms with Gasteiger partial charge < -0.3 is 15.0 Å². The van der Waals surface area contributed by atoms with Crippen molar-refractivity contribution in [2.75, 3.05) is 25.0 Å². The summed E-state index contributed by atoms with van der Waals surface area (Å²) < 4.78 is 5.62. The van der Waals surface area contributed by atoms with Crippen LogP contribution in [0.2, 0.25) is 0 Å². The molecule has 0 bridgehead atoms. The number of aromatic nitrogens is 5. The molecule has 2 aromatic heterocycles. The molecule has 0 unspecified atom stereocenters. The maximum absolute atomic E-state index is 12.6. The largest absolute Gasteiger partial charge is 0.375 e. The second-order valence-corrected chi connectivity index (χ2v) is 7.87. The van der Waals surface area contributed by atoms with E-state index >= 15 is 0 Å². The van der Waals surface area contributed by atoms with Crippen molar-refractivity contribution in [3.05, 3.63) is 65.2 Å². The Morgan fingerprint density at radius 2 is 1.87 bits per heavy atom. The normalized spacial score (nSPS) is 16.3. The predicted octanol–water partition coefficient (Wildman–Crippen LogP) is 1.46. The van der Waals surface area contributed by atoms with Gasteiger partial charge in [0.25, 0.3) is 5.91 Å². The number of carbonyl (C=O) groups is 1. The van der Waals surface area contributed by atoms with Gasteiger partial charge in [-0.3, -0.25) is 4.79 Å². The van der Waals surface area contributed by atoms with Gasteiger partial charge in [-0.05, 0) is 24.0 Å². The number of anilines is 1. The van der Waals surface area contributed by atoms with E-state index < -0.39 is 0 Å². The van der Waals surface area contributed by atoms with Crippen molar-refractivity contribution in [2.45, 2.75) is 25.5 Å². The van der Waals surface area contributed by atoms with E-state index in [0.29, 0.717) is 43.7 Å². The van der Waals surface area contributed by atoms with E-state index in [1.807, 2.05) is 0 Å². The summed E-state index contributed by atoms with van der Waals surface area (Å²) in [6.45, 7) is 2.38. The summed E-state index contributed by atoms with van der Waals surface area (Å²) in [5, 5.41) is 13.6. The molecule has 5 rings (SSSR count). The maximum Gasteiger partial charge on any atom is 0.257 e. The average molecular weight is 405 g/mol. The fourth-order valence-corrected chi connectivity index (χ4v) is 4.01. The first-order valence-corrected chi connectivity index (χ1v) is 10.1. The van der Waals surface area contributed by atoms with E-state index in [-0.39, 0.29) is 11.9 Å². The van der Waals surface area contributed by atoms with Gasteiger partial charge in [-0.15, -0.1) is 0 Å². The van der Waals surface area contributed by atoms with Gasteiger partial charge in [0.2, 0.25) is 5.95 Å². The van der Waals surface area contributed by atoms with Crippen LogP contribution < -0.4 is 5.32 Å². The number of nitrogens with zero attached hydrogens (tertiary/aromatic N) is 5. The zero-order valence-corrected chi connectivity index (χ0v) is 16.5. The quantitative estimate of drug-likeness (QED) is 0.612. The highest BCUT2D eigenvalue weighted by atomic mass is 16.5. The molecule has 1 fully saturated rings. The minimum atomic E-state index is -0.0393. The second kappa shape index (κ2) is 8.19. The number of amides is 1. The van der Waals surface area contributed by atoms with Crippen molar-refractivity contribution < 1.29 is 9.53 Å². The average Bonchev–Trinajstić information content (AvgIpc) is 3.39. The van der Waals surface area contributed by atoms with E-state index in [4.69, 9.17) is 4.74 Å². The first-order chi connectivity index (χ1) is 14.7. The Bertz CT molecular complexity index is 975. The number of aromatic amines is 1. The number of benzene rings is 1. The Morgan fingerprint density at radius 1 is 1.13 bits per heavy atom. The molecule has 3 heterocycles. The van der Waals surface area contributed by atoms with Crippen molar-refractivity contribution in [3.8, 4) is 0 Å². The number of hydrogen-bond acceptors (Lipinski definition) is 7. The second-order valence-electron chi connectivity index (χ2n) is 7.87. The SMILES string of the molecule is O=C(c1cnc(NC2Cc3ccccc3C2)nc1)N1CC(COCc2cn[nH]n2)C1.